The van der Waals surface area contributed by atoms with Crippen LogP contribution in [0.3, 0.4) is 0 Å². The third-order valence-corrected chi connectivity index (χ3v) is 4.02. The van der Waals surface area contributed by atoms with E-state index in [9.17, 15) is 0 Å². The van der Waals surface area contributed by atoms with Crippen LogP contribution in [0.2, 0.25) is 0 Å². The zero-order chi connectivity index (χ0) is 11.9. The second kappa shape index (κ2) is 7.29. The molecule has 0 unspecified atom stereocenters. The van der Waals surface area contributed by atoms with E-state index in [-0.39, 0.29) is 0 Å². The van der Waals surface area contributed by atoms with E-state index in [1.807, 2.05) is 0 Å². The second-order valence-corrected chi connectivity index (χ2v) is 5.85. The van der Waals surface area contributed by atoms with Crippen molar-refractivity contribution in [2.45, 2.75) is 52.4 Å². The molecule has 2 nitrogen and oxygen atoms in total. The lowest BCUT2D eigenvalue weighted by Gasteiger charge is -2.34. The largest absolute Gasteiger partial charge is 0.383 e. The molecule has 1 aliphatic rings. The summed E-state index contributed by atoms with van der Waals surface area (Å²) < 4.78 is 5.06. The Bertz CT molecular complexity index is 172. The minimum absolute atomic E-state index is 0.443. The van der Waals surface area contributed by atoms with Gasteiger partial charge in [0, 0.05) is 20.2 Å². The Labute approximate surface area is 101 Å². The lowest BCUT2D eigenvalue weighted by Crippen LogP contribution is -2.37. The molecule has 0 aromatic heterocycles. The van der Waals surface area contributed by atoms with Gasteiger partial charge in [0.05, 0.1) is 6.61 Å². The molecule has 0 heterocycles. The van der Waals surface area contributed by atoms with Gasteiger partial charge in [0.15, 0.2) is 0 Å². The zero-order valence-electron chi connectivity index (χ0n) is 11.3. The van der Waals surface area contributed by atoms with Crippen LogP contribution in [-0.4, -0.2) is 26.8 Å². The van der Waals surface area contributed by atoms with Gasteiger partial charge in [-0.25, -0.2) is 0 Å². The summed E-state index contributed by atoms with van der Waals surface area (Å²) in [5.74, 6) is 0.907. The van der Waals surface area contributed by atoms with Gasteiger partial charge < -0.3 is 10.1 Å². The van der Waals surface area contributed by atoms with E-state index in [0.717, 1.165) is 25.6 Å². The van der Waals surface area contributed by atoms with Crippen LogP contribution >= 0.6 is 0 Å². The molecule has 0 aliphatic heterocycles. The quantitative estimate of drug-likeness (QED) is 0.556. The van der Waals surface area contributed by atoms with Crippen molar-refractivity contribution in [2.24, 2.45) is 11.3 Å². The summed E-state index contributed by atoms with van der Waals surface area (Å²) in [4.78, 5) is 0. The van der Waals surface area contributed by atoms with E-state index >= 15 is 0 Å². The predicted octanol–water partition coefficient (Wildman–Crippen LogP) is 3.22. The Morgan fingerprint density at radius 3 is 2.31 bits per heavy atom. The minimum Gasteiger partial charge on any atom is -0.383 e. The van der Waals surface area contributed by atoms with Gasteiger partial charge >= 0.3 is 0 Å². The van der Waals surface area contributed by atoms with Gasteiger partial charge in [-0.1, -0.05) is 39.5 Å². The van der Waals surface area contributed by atoms with Gasteiger partial charge in [-0.05, 0) is 24.2 Å². The number of methoxy groups -OCH3 is 1. The van der Waals surface area contributed by atoms with Gasteiger partial charge in [0.25, 0.3) is 0 Å². The van der Waals surface area contributed by atoms with Crippen LogP contribution in [0, 0.1) is 11.3 Å². The van der Waals surface area contributed by atoms with Gasteiger partial charge in [0.2, 0.25) is 0 Å². The highest BCUT2D eigenvalue weighted by Gasteiger charge is 2.29. The first-order chi connectivity index (χ1) is 7.67. The molecule has 0 aromatic carbocycles. The third-order valence-electron chi connectivity index (χ3n) is 4.02. The van der Waals surface area contributed by atoms with Crippen molar-refractivity contribution in [2.75, 3.05) is 26.8 Å². The Kier molecular flexibility index (Phi) is 6.37. The van der Waals surface area contributed by atoms with Gasteiger partial charge in [0.1, 0.15) is 0 Å². The molecule has 0 atom stereocenters. The summed E-state index contributed by atoms with van der Waals surface area (Å²) in [6.07, 6.45) is 8.63. The summed E-state index contributed by atoms with van der Waals surface area (Å²) in [5, 5.41) is 3.52. The first-order valence-corrected chi connectivity index (χ1v) is 6.86. The van der Waals surface area contributed by atoms with E-state index < -0.39 is 0 Å². The van der Waals surface area contributed by atoms with Crippen molar-refractivity contribution in [1.29, 1.82) is 0 Å². The molecule has 96 valence electrons. The standard InChI is InChI=1S/C14H29NO/c1-14(2,12-15-10-11-16-3)13-8-6-4-5-7-9-13/h13,15H,4-12H2,1-3H3. The van der Waals surface area contributed by atoms with Gasteiger partial charge in [-0.2, -0.15) is 0 Å². The van der Waals surface area contributed by atoms with Crippen molar-refractivity contribution in [3.63, 3.8) is 0 Å². The number of hydrogen-bond acceptors (Lipinski definition) is 2. The van der Waals surface area contributed by atoms with Crippen LogP contribution in [0.15, 0.2) is 0 Å². The van der Waals surface area contributed by atoms with Crippen molar-refractivity contribution >= 4 is 0 Å². The zero-order valence-corrected chi connectivity index (χ0v) is 11.3. The maximum absolute atomic E-state index is 5.06. The molecular formula is C14H29NO. The van der Waals surface area contributed by atoms with Crippen LogP contribution in [0.4, 0.5) is 0 Å². The average Bonchev–Trinajstić information content (AvgIpc) is 2.53. The normalized spacial score (nSPS) is 19.7. The van der Waals surface area contributed by atoms with E-state index in [1.165, 1.54) is 38.5 Å². The highest BCUT2D eigenvalue weighted by atomic mass is 16.5. The highest BCUT2D eigenvalue weighted by molar-refractivity contribution is 4.82. The molecule has 1 N–H and O–H groups in total. The van der Waals surface area contributed by atoms with Crippen LogP contribution < -0.4 is 5.32 Å². The smallest absolute Gasteiger partial charge is 0.0587 e. The molecule has 16 heavy (non-hydrogen) atoms. The maximum atomic E-state index is 5.06. The molecule has 1 rings (SSSR count). The average molecular weight is 227 g/mol. The predicted molar refractivity (Wildman–Crippen MR) is 69.7 cm³/mol. The molecule has 0 amide bonds. The van der Waals surface area contributed by atoms with Crippen LogP contribution in [0.5, 0.6) is 0 Å². The summed E-state index contributed by atoms with van der Waals surface area (Å²) >= 11 is 0. The van der Waals surface area contributed by atoms with E-state index in [4.69, 9.17) is 4.74 Å². The topological polar surface area (TPSA) is 21.3 Å². The first kappa shape index (κ1) is 14.0. The molecule has 1 aliphatic carbocycles. The fourth-order valence-electron chi connectivity index (χ4n) is 2.79. The van der Waals surface area contributed by atoms with Crippen molar-refractivity contribution < 1.29 is 4.74 Å². The lowest BCUT2D eigenvalue weighted by molar-refractivity contribution is 0.164. The molecular weight excluding hydrogens is 198 g/mol. The van der Waals surface area contributed by atoms with Gasteiger partial charge in [-0.15, -0.1) is 0 Å². The highest BCUT2D eigenvalue weighted by Crippen LogP contribution is 2.36. The van der Waals surface area contributed by atoms with Crippen molar-refractivity contribution in [1.82, 2.24) is 5.32 Å². The van der Waals surface area contributed by atoms with Gasteiger partial charge in [-0.3, -0.25) is 0 Å². The Balaban J connectivity index is 2.29. The first-order valence-electron chi connectivity index (χ1n) is 6.86. The van der Waals surface area contributed by atoms with E-state index in [0.29, 0.717) is 5.41 Å². The Morgan fingerprint density at radius 1 is 1.12 bits per heavy atom. The van der Waals surface area contributed by atoms with E-state index in [1.54, 1.807) is 7.11 Å². The lowest BCUT2D eigenvalue weighted by atomic mass is 9.74. The van der Waals surface area contributed by atoms with Crippen LogP contribution in [0.25, 0.3) is 0 Å². The monoisotopic (exact) mass is 227 g/mol. The number of rotatable bonds is 6. The summed E-state index contributed by atoms with van der Waals surface area (Å²) in [6, 6.07) is 0. The van der Waals surface area contributed by atoms with E-state index in [2.05, 4.69) is 19.2 Å². The molecule has 0 saturated heterocycles. The molecule has 0 spiro atoms. The minimum atomic E-state index is 0.443. The number of nitrogens with one attached hydrogen (secondary N) is 1. The summed E-state index contributed by atoms with van der Waals surface area (Å²) in [5.41, 5.74) is 0.443. The molecule has 0 aromatic rings. The fourth-order valence-corrected chi connectivity index (χ4v) is 2.79. The molecule has 0 radical (unpaired) electrons. The second-order valence-electron chi connectivity index (χ2n) is 5.85. The number of ether oxygens (including phenoxy) is 1. The molecule has 0 bridgehead atoms. The SMILES string of the molecule is COCCNCC(C)(C)C1CCCCCC1. The maximum Gasteiger partial charge on any atom is 0.0587 e. The summed E-state index contributed by atoms with van der Waals surface area (Å²) in [7, 11) is 1.76. The summed E-state index contributed by atoms with van der Waals surface area (Å²) in [6.45, 7) is 7.76. The molecule has 1 saturated carbocycles. The molecule has 1 fully saturated rings. The number of hydrogen-bond donors (Lipinski definition) is 1. The Morgan fingerprint density at radius 2 is 1.75 bits per heavy atom. The van der Waals surface area contributed by atoms with Crippen molar-refractivity contribution in [3.8, 4) is 0 Å². The van der Waals surface area contributed by atoms with Crippen LogP contribution in [0.1, 0.15) is 52.4 Å². The van der Waals surface area contributed by atoms with Crippen LogP contribution in [-0.2, 0) is 4.74 Å². The fraction of sp³-hybridized carbons (Fsp3) is 1.00. The third kappa shape index (κ3) is 4.84. The van der Waals surface area contributed by atoms with Crippen molar-refractivity contribution in [3.05, 3.63) is 0 Å². The Hall–Kier alpha value is -0.0800. The molecule has 2 heteroatoms.